The number of likely N-dealkylation sites (tertiary alicyclic amines) is 1. The molecule has 1 N–H and O–H groups in total. The Kier molecular flexibility index (Phi) is 6.44. The number of rotatable bonds is 8. The summed E-state index contributed by atoms with van der Waals surface area (Å²) in [6, 6.07) is 17.5. The summed E-state index contributed by atoms with van der Waals surface area (Å²) in [6.07, 6.45) is 6.74. The van der Waals surface area contributed by atoms with E-state index in [9.17, 15) is 9.59 Å². The first-order valence-corrected chi connectivity index (χ1v) is 12.1. The lowest BCUT2D eigenvalue weighted by molar-refractivity contribution is -0.125. The molecule has 2 aromatic carbocycles. The SMILES string of the molecule is O=C1C=C2N(CCCCN3CCCC3)c3ccccc3N2C(C(=O)NCc2ccccc2)C1. The number of carbonyl (C=O) groups excluding carboxylic acids is 2. The van der Waals surface area contributed by atoms with E-state index in [0.29, 0.717) is 6.54 Å². The Morgan fingerprint density at radius 3 is 2.39 bits per heavy atom. The van der Waals surface area contributed by atoms with Gasteiger partial charge in [-0.25, -0.2) is 0 Å². The van der Waals surface area contributed by atoms with Crippen LogP contribution in [0.3, 0.4) is 0 Å². The van der Waals surface area contributed by atoms with Crippen molar-refractivity contribution in [3.63, 3.8) is 0 Å². The Morgan fingerprint density at radius 1 is 0.909 bits per heavy atom. The third kappa shape index (κ3) is 4.67. The molecule has 3 aliphatic rings. The molecule has 0 aliphatic carbocycles. The van der Waals surface area contributed by atoms with Gasteiger partial charge in [0, 0.05) is 25.6 Å². The lowest BCUT2D eigenvalue weighted by atomic mass is 10.0. The number of benzene rings is 2. The molecular formula is C27H32N4O2. The Labute approximate surface area is 195 Å². The summed E-state index contributed by atoms with van der Waals surface area (Å²) >= 11 is 0. The van der Waals surface area contributed by atoms with E-state index in [4.69, 9.17) is 0 Å². The van der Waals surface area contributed by atoms with Gasteiger partial charge in [-0.05, 0) is 63.0 Å². The fourth-order valence-electron chi connectivity index (χ4n) is 5.19. The molecule has 2 aromatic rings. The second kappa shape index (κ2) is 9.79. The van der Waals surface area contributed by atoms with Crippen LogP contribution in [-0.2, 0) is 16.1 Å². The van der Waals surface area contributed by atoms with Crippen LogP contribution < -0.4 is 15.1 Å². The maximum Gasteiger partial charge on any atom is 0.243 e. The van der Waals surface area contributed by atoms with Gasteiger partial charge < -0.3 is 20.0 Å². The third-order valence-electron chi connectivity index (χ3n) is 6.87. The minimum atomic E-state index is -0.531. The highest BCUT2D eigenvalue weighted by Gasteiger charge is 2.42. The summed E-state index contributed by atoms with van der Waals surface area (Å²) in [4.78, 5) is 32.7. The molecule has 0 bridgehead atoms. The molecule has 0 spiro atoms. The van der Waals surface area contributed by atoms with Gasteiger partial charge in [-0.15, -0.1) is 0 Å². The Balaban J connectivity index is 1.30. The first kappa shape index (κ1) is 21.7. The Bertz CT molecular complexity index is 1030. The predicted molar refractivity (Wildman–Crippen MR) is 131 cm³/mol. The molecule has 1 unspecified atom stereocenters. The van der Waals surface area contributed by atoms with Crippen LogP contribution in [0.5, 0.6) is 0 Å². The average Bonchev–Trinajstić information content (AvgIpc) is 3.47. The summed E-state index contributed by atoms with van der Waals surface area (Å²) < 4.78 is 0. The molecular weight excluding hydrogens is 412 g/mol. The lowest BCUT2D eigenvalue weighted by Gasteiger charge is -2.34. The number of amides is 1. The standard InChI is InChI=1S/C27H32N4O2/c32-22-18-25(27(33)28-20-21-10-2-1-3-11-21)31-24-13-5-4-12-23(24)30(26(31)19-22)17-9-8-16-29-14-6-7-15-29/h1-5,10-13,19,25H,6-9,14-18,20H2,(H,28,33). The van der Waals surface area contributed by atoms with Crippen molar-refractivity contribution in [2.24, 2.45) is 0 Å². The zero-order chi connectivity index (χ0) is 22.6. The smallest absolute Gasteiger partial charge is 0.243 e. The number of unbranched alkanes of at least 4 members (excludes halogenated alkanes) is 1. The number of hydrogen-bond donors (Lipinski definition) is 1. The minimum Gasteiger partial charge on any atom is -0.350 e. The highest BCUT2D eigenvalue weighted by molar-refractivity contribution is 6.03. The van der Waals surface area contributed by atoms with Gasteiger partial charge in [0.05, 0.1) is 11.4 Å². The van der Waals surface area contributed by atoms with Crippen LogP contribution in [0.1, 0.15) is 37.7 Å². The molecule has 1 fully saturated rings. The van der Waals surface area contributed by atoms with Crippen LogP contribution >= 0.6 is 0 Å². The van der Waals surface area contributed by atoms with Crippen LogP contribution in [0.15, 0.2) is 66.5 Å². The summed E-state index contributed by atoms with van der Waals surface area (Å²) in [5.74, 6) is 0.743. The number of fused-ring (bicyclic) bond motifs is 3. The summed E-state index contributed by atoms with van der Waals surface area (Å²) in [5, 5.41) is 3.05. The summed E-state index contributed by atoms with van der Waals surface area (Å²) in [7, 11) is 0. The van der Waals surface area contributed by atoms with Gasteiger partial charge in [0.1, 0.15) is 11.9 Å². The molecule has 33 heavy (non-hydrogen) atoms. The van der Waals surface area contributed by atoms with Gasteiger partial charge in [0.15, 0.2) is 5.78 Å². The van der Waals surface area contributed by atoms with Crippen LogP contribution in [0.2, 0.25) is 0 Å². The van der Waals surface area contributed by atoms with Crippen LogP contribution in [0.25, 0.3) is 0 Å². The predicted octanol–water partition coefficient (Wildman–Crippen LogP) is 3.69. The molecule has 3 heterocycles. The van der Waals surface area contributed by atoms with Crippen molar-refractivity contribution in [2.45, 2.75) is 44.7 Å². The number of nitrogens with zero attached hydrogens (tertiary/aromatic N) is 3. The van der Waals surface area contributed by atoms with Crippen molar-refractivity contribution < 1.29 is 9.59 Å². The van der Waals surface area contributed by atoms with Crippen LogP contribution in [-0.4, -0.2) is 48.8 Å². The normalized spacial score (nSPS) is 19.9. The molecule has 0 saturated carbocycles. The molecule has 3 aliphatic heterocycles. The topological polar surface area (TPSA) is 55.9 Å². The van der Waals surface area contributed by atoms with Crippen molar-refractivity contribution >= 4 is 23.1 Å². The minimum absolute atomic E-state index is 0.0102. The maximum absolute atomic E-state index is 13.2. The Morgan fingerprint density at radius 2 is 1.61 bits per heavy atom. The van der Waals surface area contributed by atoms with Gasteiger partial charge in [0.2, 0.25) is 5.91 Å². The zero-order valence-corrected chi connectivity index (χ0v) is 19.1. The number of para-hydroxylation sites is 2. The summed E-state index contributed by atoms with van der Waals surface area (Å²) in [6.45, 7) is 4.89. The van der Waals surface area contributed by atoms with Crippen LogP contribution in [0.4, 0.5) is 11.4 Å². The summed E-state index contributed by atoms with van der Waals surface area (Å²) in [5.41, 5.74) is 3.14. The highest BCUT2D eigenvalue weighted by atomic mass is 16.2. The number of nitrogens with one attached hydrogen (secondary N) is 1. The van der Waals surface area contributed by atoms with E-state index in [1.54, 1.807) is 6.08 Å². The van der Waals surface area contributed by atoms with Gasteiger partial charge >= 0.3 is 0 Å². The molecule has 0 radical (unpaired) electrons. The number of hydrogen-bond acceptors (Lipinski definition) is 5. The van der Waals surface area contributed by atoms with E-state index < -0.39 is 6.04 Å². The van der Waals surface area contributed by atoms with Crippen molar-refractivity contribution in [3.05, 3.63) is 72.1 Å². The second-order valence-electron chi connectivity index (χ2n) is 9.16. The molecule has 6 nitrogen and oxygen atoms in total. The van der Waals surface area contributed by atoms with Crippen molar-refractivity contribution in [2.75, 3.05) is 36.0 Å². The van der Waals surface area contributed by atoms with Gasteiger partial charge in [0.25, 0.3) is 0 Å². The molecule has 0 aromatic heterocycles. The average molecular weight is 445 g/mol. The van der Waals surface area contributed by atoms with Crippen molar-refractivity contribution in [3.8, 4) is 0 Å². The van der Waals surface area contributed by atoms with Crippen molar-refractivity contribution in [1.82, 2.24) is 10.2 Å². The first-order chi connectivity index (χ1) is 16.2. The van der Waals surface area contributed by atoms with Gasteiger partial charge in [-0.3, -0.25) is 9.59 Å². The molecule has 6 heteroatoms. The number of ketones is 1. The number of carbonyl (C=O) groups is 2. The number of anilines is 2. The molecule has 1 atom stereocenters. The van der Waals surface area contributed by atoms with E-state index in [1.165, 1.54) is 25.9 Å². The van der Waals surface area contributed by atoms with Crippen LogP contribution in [0, 0.1) is 0 Å². The Hall–Kier alpha value is -3.12. The highest BCUT2D eigenvalue weighted by Crippen LogP contribution is 2.44. The number of allylic oxidation sites excluding steroid dienone is 1. The largest absolute Gasteiger partial charge is 0.350 e. The van der Waals surface area contributed by atoms with Crippen molar-refractivity contribution in [1.29, 1.82) is 0 Å². The lowest BCUT2D eigenvalue weighted by Crippen LogP contribution is -2.50. The molecule has 1 saturated heterocycles. The van der Waals surface area contributed by atoms with E-state index in [-0.39, 0.29) is 18.1 Å². The quantitative estimate of drug-likeness (QED) is 0.630. The fourth-order valence-corrected chi connectivity index (χ4v) is 5.19. The molecule has 172 valence electrons. The maximum atomic E-state index is 13.2. The van der Waals surface area contributed by atoms with Gasteiger partial charge in [-0.1, -0.05) is 42.5 Å². The van der Waals surface area contributed by atoms with E-state index in [0.717, 1.165) is 48.7 Å². The first-order valence-electron chi connectivity index (χ1n) is 12.1. The van der Waals surface area contributed by atoms with Gasteiger partial charge in [-0.2, -0.15) is 0 Å². The monoisotopic (exact) mass is 444 g/mol. The zero-order valence-electron chi connectivity index (χ0n) is 19.1. The van der Waals surface area contributed by atoms with E-state index >= 15 is 0 Å². The molecule has 1 amide bonds. The third-order valence-corrected chi connectivity index (χ3v) is 6.87. The van der Waals surface area contributed by atoms with E-state index in [2.05, 4.69) is 32.1 Å². The second-order valence-corrected chi connectivity index (χ2v) is 9.16. The van der Waals surface area contributed by atoms with E-state index in [1.807, 2.05) is 42.5 Å². The molecule has 5 rings (SSSR count). The fraction of sp³-hybridized carbons (Fsp3) is 0.407.